The van der Waals surface area contributed by atoms with E-state index < -0.39 is 24.5 Å². The molecule has 0 radical (unpaired) electrons. The molecule has 1 aliphatic carbocycles. The summed E-state index contributed by atoms with van der Waals surface area (Å²) >= 11 is 0. The highest BCUT2D eigenvalue weighted by Gasteiger charge is 2.27. The van der Waals surface area contributed by atoms with Crippen molar-refractivity contribution in [2.75, 3.05) is 13.1 Å². The number of carboxylic acid groups (broad SMARTS) is 1. The van der Waals surface area contributed by atoms with E-state index in [-0.39, 0.29) is 6.54 Å². The smallest absolute Gasteiger partial charge is 0.324 e. The van der Waals surface area contributed by atoms with Crippen molar-refractivity contribution in [2.24, 2.45) is 5.92 Å². The van der Waals surface area contributed by atoms with Crippen molar-refractivity contribution in [3.63, 3.8) is 0 Å². The summed E-state index contributed by atoms with van der Waals surface area (Å²) in [6.45, 7) is -0.236. The standard InChI is InChI=1S/C21H22N2O4/c24-19(25)14-22-21(27)23(12-11-15-9-10-15)20(26)18-8-4-7-17(13-18)16-5-2-1-3-6-16/h1-8,13,15H,9-12,14H2,(H,22,27)(H,24,25). The second kappa shape index (κ2) is 8.49. The van der Waals surface area contributed by atoms with Gasteiger partial charge in [0.1, 0.15) is 6.54 Å². The van der Waals surface area contributed by atoms with Gasteiger partial charge in [-0.25, -0.2) is 4.79 Å². The molecule has 0 saturated heterocycles. The van der Waals surface area contributed by atoms with Crippen LogP contribution in [0.25, 0.3) is 11.1 Å². The van der Waals surface area contributed by atoms with Crippen LogP contribution >= 0.6 is 0 Å². The van der Waals surface area contributed by atoms with E-state index in [1.54, 1.807) is 18.2 Å². The predicted molar refractivity (Wildman–Crippen MR) is 101 cm³/mol. The second-order valence-corrected chi connectivity index (χ2v) is 6.69. The number of carboxylic acids is 1. The number of hydrogen-bond acceptors (Lipinski definition) is 3. The molecule has 0 heterocycles. The van der Waals surface area contributed by atoms with Crippen molar-refractivity contribution in [3.8, 4) is 11.1 Å². The van der Waals surface area contributed by atoms with Gasteiger partial charge in [-0.2, -0.15) is 0 Å². The minimum Gasteiger partial charge on any atom is -0.480 e. The normalized spacial score (nSPS) is 13.0. The molecule has 0 atom stereocenters. The largest absolute Gasteiger partial charge is 0.480 e. The van der Waals surface area contributed by atoms with Crippen molar-refractivity contribution >= 4 is 17.9 Å². The first-order valence-electron chi connectivity index (χ1n) is 9.01. The minimum atomic E-state index is -1.15. The number of nitrogens with one attached hydrogen (secondary N) is 1. The highest BCUT2D eigenvalue weighted by Crippen LogP contribution is 2.32. The van der Waals surface area contributed by atoms with Crippen molar-refractivity contribution in [1.29, 1.82) is 0 Å². The van der Waals surface area contributed by atoms with Crippen LogP contribution in [0.15, 0.2) is 54.6 Å². The van der Waals surface area contributed by atoms with Crippen LogP contribution in [0.3, 0.4) is 0 Å². The molecule has 0 spiro atoms. The number of amides is 3. The number of aliphatic carboxylic acids is 1. The lowest BCUT2D eigenvalue weighted by Gasteiger charge is -2.21. The Morgan fingerprint density at radius 1 is 1.00 bits per heavy atom. The van der Waals surface area contributed by atoms with Gasteiger partial charge in [0, 0.05) is 12.1 Å². The number of carbonyl (C=O) groups is 3. The molecule has 140 valence electrons. The van der Waals surface area contributed by atoms with Gasteiger partial charge in [0.25, 0.3) is 5.91 Å². The molecular weight excluding hydrogens is 344 g/mol. The van der Waals surface area contributed by atoms with Crippen molar-refractivity contribution in [1.82, 2.24) is 10.2 Å². The lowest BCUT2D eigenvalue weighted by Crippen LogP contribution is -2.46. The van der Waals surface area contributed by atoms with Crippen LogP contribution < -0.4 is 5.32 Å². The Morgan fingerprint density at radius 2 is 1.70 bits per heavy atom. The summed E-state index contributed by atoms with van der Waals surface area (Å²) in [6.07, 6.45) is 2.97. The van der Waals surface area contributed by atoms with Crippen LogP contribution in [-0.2, 0) is 4.79 Å². The first-order chi connectivity index (χ1) is 13.0. The summed E-state index contributed by atoms with van der Waals surface area (Å²) < 4.78 is 0. The fourth-order valence-corrected chi connectivity index (χ4v) is 2.88. The van der Waals surface area contributed by atoms with Gasteiger partial charge in [0.15, 0.2) is 0 Å². The van der Waals surface area contributed by atoms with Gasteiger partial charge in [-0.15, -0.1) is 0 Å². The third-order valence-electron chi connectivity index (χ3n) is 4.56. The third kappa shape index (κ3) is 5.17. The number of nitrogens with zero attached hydrogens (tertiary/aromatic N) is 1. The maximum Gasteiger partial charge on any atom is 0.324 e. The van der Waals surface area contributed by atoms with Crippen LogP contribution in [0, 0.1) is 5.92 Å². The lowest BCUT2D eigenvalue weighted by molar-refractivity contribution is -0.135. The Balaban J connectivity index is 1.79. The third-order valence-corrected chi connectivity index (χ3v) is 4.56. The number of rotatable bonds is 7. The summed E-state index contributed by atoms with van der Waals surface area (Å²) in [5.41, 5.74) is 2.26. The van der Waals surface area contributed by atoms with Gasteiger partial charge in [0.2, 0.25) is 0 Å². The van der Waals surface area contributed by atoms with Gasteiger partial charge < -0.3 is 10.4 Å². The molecule has 1 fully saturated rings. The van der Waals surface area contributed by atoms with E-state index in [2.05, 4.69) is 5.32 Å². The van der Waals surface area contributed by atoms with E-state index in [0.717, 1.165) is 35.3 Å². The van der Waals surface area contributed by atoms with Gasteiger partial charge in [-0.1, -0.05) is 55.3 Å². The Bertz CT molecular complexity index is 831. The Labute approximate surface area is 157 Å². The predicted octanol–water partition coefficient (Wildman–Crippen LogP) is 3.39. The fourth-order valence-electron chi connectivity index (χ4n) is 2.88. The van der Waals surface area contributed by atoms with Gasteiger partial charge >= 0.3 is 12.0 Å². The molecule has 0 aromatic heterocycles. The SMILES string of the molecule is O=C(O)CNC(=O)N(CCC1CC1)C(=O)c1cccc(-c2ccccc2)c1. The van der Waals surface area contributed by atoms with Crippen LogP contribution in [0.2, 0.25) is 0 Å². The molecule has 0 aliphatic heterocycles. The van der Waals surface area contributed by atoms with Crippen molar-refractivity contribution in [2.45, 2.75) is 19.3 Å². The molecule has 27 heavy (non-hydrogen) atoms. The van der Waals surface area contributed by atoms with Crippen molar-refractivity contribution in [3.05, 3.63) is 60.2 Å². The van der Waals surface area contributed by atoms with Crippen LogP contribution in [0.1, 0.15) is 29.6 Å². The van der Waals surface area contributed by atoms with E-state index in [4.69, 9.17) is 5.11 Å². The number of hydrogen-bond donors (Lipinski definition) is 2. The zero-order chi connectivity index (χ0) is 19.2. The summed E-state index contributed by atoms with van der Waals surface area (Å²) in [7, 11) is 0. The molecule has 6 nitrogen and oxygen atoms in total. The van der Waals surface area contributed by atoms with E-state index in [0.29, 0.717) is 11.5 Å². The van der Waals surface area contributed by atoms with Crippen LogP contribution in [0.5, 0.6) is 0 Å². The van der Waals surface area contributed by atoms with E-state index in [1.165, 1.54) is 0 Å². The molecule has 0 unspecified atom stereocenters. The molecule has 2 aromatic carbocycles. The molecule has 2 N–H and O–H groups in total. The summed E-state index contributed by atoms with van der Waals surface area (Å²) in [5, 5.41) is 11.1. The van der Waals surface area contributed by atoms with E-state index in [1.807, 2.05) is 36.4 Å². The Morgan fingerprint density at radius 3 is 2.37 bits per heavy atom. The number of benzene rings is 2. The fraction of sp³-hybridized carbons (Fsp3) is 0.286. The molecule has 1 saturated carbocycles. The highest BCUT2D eigenvalue weighted by atomic mass is 16.4. The molecule has 6 heteroatoms. The quantitative estimate of drug-likeness (QED) is 0.786. The summed E-state index contributed by atoms with van der Waals surface area (Å²) in [5.74, 6) is -1.02. The average molecular weight is 366 g/mol. The number of carbonyl (C=O) groups excluding carboxylic acids is 2. The minimum absolute atomic E-state index is 0.282. The molecular formula is C21H22N2O4. The molecule has 3 rings (SSSR count). The maximum absolute atomic E-state index is 13.0. The summed E-state index contributed by atoms with van der Waals surface area (Å²) in [4.78, 5) is 37.2. The topological polar surface area (TPSA) is 86.7 Å². The maximum atomic E-state index is 13.0. The monoisotopic (exact) mass is 366 g/mol. The van der Waals surface area contributed by atoms with Crippen LogP contribution in [-0.4, -0.2) is 41.0 Å². The van der Waals surface area contributed by atoms with Crippen molar-refractivity contribution < 1.29 is 19.5 Å². The number of urea groups is 1. The number of imide groups is 1. The van der Waals surface area contributed by atoms with E-state index in [9.17, 15) is 14.4 Å². The zero-order valence-electron chi connectivity index (χ0n) is 14.9. The first kappa shape index (κ1) is 18.6. The second-order valence-electron chi connectivity index (χ2n) is 6.69. The van der Waals surface area contributed by atoms with E-state index >= 15 is 0 Å². The van der Waals surface area contributed by atoms with Gasteiger partial charge in [-0.05, 0) is 35.6 Å². The Kier molecular flexibility index (Phi) is 5.86. The molecule has 3 amide bonds. The van der Waals surface area contributed by atoms with Gasteiger partial charge in [-0.3, -0.25) is 14.5 Å². The Hall–Kier alpha value is -3.15. The lowest BCUT2D eigenvalue weighted by atomic mass is 10.0. The zero-order valence-corrected chi connectivity index (χ0v) is 14.9. The molecule has 1 aliphatic rings. The summed E-state index contributed by atoms with van der Waals surface area (Å²) in [6, 6.07) is 16.1. The van der Waals surface area contributed by atoms with Crippen LogP contribution in [0.4, 0.5) is 4.79 Å². The average Bonchev–Trinajstić information content (AvgIpc) is 3.51. The highest BCUT2D eigenvalue weighted by molar-refractivity contribution is 6.05. The molecule has 2 aromatic rings. The molecule has 0 bridgehead atoms. The first-order valence-corrected chi connectivity index (χ1v) is 9.01. The van der Waals surface area contributed by atoms with Gasteiger partial charge in [0.05, 0.1) is 0 Å².